The third kappa shape index (κ3) is 3.19. The van der Waals surface area contributed by atoms with Crippen LogP contribution in [0, 0.1) is 0 Å². The summed E-state index contributed by atoms with van der Waals surface area (Å²) in [5.74, 6) is -1.45. The second-order valence-electron chi connectivity index (χ2n) is 7.52. The lowest BCUT2D eigenvalue weighted by atomic mass is 9.96. The SMILES string of the molecule is CCCc1[nH]n(-c2nc3ccccc3s2)c(=O)c1C1CC(=O)N(c2ccccc2)C1=O. The average Bonchev–Trinajstić information content (AvgIpc) is 3.42. The topological polar surface area (TPSA) is 88.1 Å². The number of benzene rings is 2. The van der Waals surface area contributed by atoms with E-state index in [-0.39, 0.29) is 23.8 Å². The molecule has 0 bridgehead atoms. The van der Waals surface area contributed by atoms with Crippen LogP contribution in [0.3, 0.4) is 0 Å². The van der Waals surface area contributed by atoms with Gasteiger partial charge in [0.05, 0.1) is 27.4 Å². The number of aromatic amines is 1. The number of aromatic nitrogens is 3. The second kappa shape index (κ2) is 7.63. The van der Waals surface area contributed by atoms with E-state index in [1.165, 1.54) is 20.9 Å². The fourth-order valence-corrected chi connectivity index (χ4v) is 5.02. The number of aryl methyl sites for hydroxylation is 1. The molecule has 4 aromatic rings. The molecule has 2 aromatic heterocycles. The zero-order valence-electron chi connectivity index (χ0n) is 16.9. The molecule has 2 aromatic carbocycles. The van der Waals surface area contributed by atoms with Crippen LogP contribution in [0.2, 0.25) is 0 Å². The number of hydrogen-bond donors (Lipinski definition) is 1. The highest BCUT2D eigenvalue weighted by Gasteiger charge is 2.43. The van der Waals surface area contributed by atoms with Crippen molar-refractivity contribution in [1.29, 1.82) is 0 Å². The van der Waals surface area contributed by atoms with Gasteiger partial charge >= 0.3 is 0 Å². The Balaban J connectivity index is 1.60. The highest BCUT2D eigenvalue weighted by molar-refractivity contribution is 7.20. The van der Waals surface area contributed by atoms with E-state index in [9.17, 15) is 14.4 Å². The van der Waals surface area contributed by atoms with Gasteiger partial charge in [-0.1, -0.05) is 55.0 Å². The monoisotopic (exact) mass is 432 g/mol. The van der Waals surface area contributed by atoms with E-state index < -0.39 is 5.92 Å². The van der Waals surface area contributed by atoms with Crippen molar-refractivity contribution in [3.8, 4) is 5.13 Å². The van der Waals surface area contributed by atoms with Gasteiger partial charge in [0, 0.05) is 12.1 Å². The first kappa shape index (κ1) is 19.4. The van der Waals surface area contributed by atoms with Crippen LogP contribution in [-0.4, -0.2) is 26.6 Å². The number of H-pyrrole nitrogens is 1. The number of fused-ring (bicyclic) bond motifs is 1. The molecule has 3 heterocycles. The molecule has 1 aliphatic heterocycles. The fraction of sp³-hybridized carbons (Fsp3) is 0.217. The Labute approximate surface area is 181 Å². The number of carbonyl (C=O) groups is 2. The molecule has 31 heavy (non-hydrogen) atoms. The third-order valence-electron chi connectivity index (χ3n) is 5.49. The van der Waals surface area contributed by atoms with Crippen molar-refractivity contribution in [2.24, 2.45) is 0 Å². The molecular weight excluding hydrogens is 412 g/mol. The number of para-hydroxylation sites is 2. The second-order valence-corrected chi connectivity index (χ2v) is 8.53. The van der Waals surface area contributed by atoms with E-state index in [0.717, 1.165) is 16.6 Å². The highest BCUT2D eigenvalue weighted by Crippen LogP contribution is 2.34. The predicted octanol–water partition coefficient (Wildman–Crippen LogP) is 3.77. The maximum absolute atomic E-state index is 13.4. The number of nitrogens with one attached hydrogen (secondary N) is 1. The van der Waals surface area contributed by atoms with Crippen LogP contribution >= 0.6 is 11.3 Å². The molecule has 1 unspecified atom stereocenters. The van der Waals surface area contributed by atoms with Crippen molar-refractivity contribution in [3.63, 3.8) is 0 Å². The maximum Gasteiger partial charge on any atom is 0.277 e. The zero-order chi connectivity index (χ0) is 21.5. The number of imide groups is 1. The zero-order valence-corrected chi connectivity index (χ0v) is 17.7. The molecule has 7 nitrogen and oxygen atoms in total. The van der Waals surface area contributed by atoms with Crippen molar-refractivity contribution >= 4 is 39.1 Å². The minimum absolute atomic E-state index is 0.0165. The molecule has 2 amide bonds. The number of rotatable bonds is 5. The first-order valence-electron chi connectivity index (χ1n) is 10.2. The molecule has 1 saturated heterocycles. The average molecular weight is 433 g/mol. The smallest absolute Gasteiger partial charge is 0.277 e. The molecule has 0 saturated carbocycles. The molecule has 1 N–H and O–H groups in total. The lowest BCUT2D eigenvalue weighted by Gasteiger charge is -2.14. The number of hydrogen-bond acceptors (Lipinski definition) is 5. The lowest BCUT2D eigenvalue weighted by Crippen LogP contribution is -2.31. The van der Waals surface area contributed by atoms with Crippen LogP contribution < -0.4 is 10.5 Å². The van der Waals surface area contributed by atoms with E-state index in [4.69, 9.17) is 0 Å². The molecule has 8 heteroatoms. The Morgan fingerprint density at radius 2 is 1.81 bits per heavy atom. The largest absolute Gasteiger partial charge is 0.293 e. The predicted molar refractivity (Wildman–Crippen MR) is 120 cm³/mol. The van der Waals surface area contributed by atoms with Crippen molar-refractivity contribution in [2.45, 2.75) is 32.1 Å². The third-order valence-corrected chi connectivity index (χ3v) is 6.51. The normalized spacial score (nSPS) is 16.5. The molecule has 0 aliphatic carbocycles. The van der Waals surface area contributed by atoms with E-state index in [2.05, 4.69) is 10.1 Å². The number of carbonyl (C=O) groups excluding carboxylic acids is 2. The summed E-state index contributed by atoms with van der Waals surface area (Å²) in [5, 5.41) is 3.69. The number of amides is 2. The van der Waals surface area contributed by atoms with Crippen LogP contribution in [0.5, 0.6) is 0 Å². The molecule has 0 spiro atoms. The summed E-state index contributed by atoms with van der Waals surface area (Å²) < 4.78 is 2.38. The van der Waals surface area contributed by atoms with Crippen molar-refractivity contribution in [2.75, 3.05) is 4.90 Å². The summed E-state index contributed by atoms with van der Waals surface area (Å²) in [6.45, 7) is 2.01. The quantitative estimate of drug-likeness (QED) is 0.486. The van der Waals surface area contributed by atoms with Gasteiger partial charge in [0.1, 0.15) is 0 Å². The Morgan fingerprint density at radius 3 is 2.55 bits per heavy atom. The fourth-order valence-electron chi connectivity index (χ4n) is 4.09. The van der Waals surface area contributed by atoms with Gasteiger partial charge in [-0.05, 0) is 30.7 Å². The van der Waals surface area contributed by atoms with Crippen LogP contribution in [0.4, 0.5) is 5.69 Å². The standard InChI is InChI=1S/C23H20N4O3S/c1-2-8-17-20(15-13-19(28)26(21(15)29)14-9-4-3-5-10-14)22(30)27(25-17)23-24-16-11-6-7-12-18(16)31-23/h3-7,9-12,15,25H,2,8,13H2,1H3. The highest BCUT2D eigenvalue weighted by atomic mass is 32.1. The van der Waals surface area contributed by atoms with E-state index in [0.29, 0.717) is 28.5 Å². The number of thiazole rings is 1. The van der Waals surface area contributed by atoms with Gasteiger partial charge in [0.2, 0.25) is 16.9 Å². The van der Waals surface area contributed by atoms with Gasteiger partial charge in [-0.3, -0.25) is 24.4 Å². The van der Waals surface area contributed by atoms with Crippen LogP contribution in [0.25, 0.3) is 15.3 Å². The van der Waals surface area contributed by atoms with Gasteiger partial charge < -0.3 is 0 Å². The van der Waals surface area contributed by atoms with Gasteiger partial charge in [-0.15, -0.1) is 0 Å². The van der Waals surface area contributed by atoms with E-state index >= 15 is 0 Å². The Hall–Kier alpha value is -3.52. The molecule has 5 rings (SSSR count). The summed E-state index contributed by atoms with van der Waals surface area (Å²) in [6.07, 6.45) is 1.38. The summed E-state index contributed by atoms with van der Waals surface area (Å²) in [7, 11) is 0. The minimum atomic E-state index is -0.798. The molecule has 1 fully saturated rings. The first-order chi connectivity index (χ1) is 15.1. The first-order valence-corrected chi connectivity index (χ1v) is 11.0. The molecular formula is C23H20N4O3S. The summed E-state index contributed by atoms with van der Waals surface area (Å²) in [5.41, 5.74) is 2.08. The van der Waals surface area contributed by atoms with Gasteiger partial charge in [-0.25, -0.2) is 4.98 Å². The number of nitrogens with zero attached hydrogens (tertiary/aromatic N) is 3. The summed E-state index contributed by atoms with van der Waals surface area (Å²) in [6, 6.07) is 16.5. The van der Waals surface area contributed by atoms with E-state index in [1.54, 1.807) is 24.3 Å². The molecule has 1 atom stereocenters. The van der Waals surface area contributed by atoms with Crippen LogP contribution in [-0.2, 0) is 16.0 Å². The van der Waals surface area contributed by atoms with Crippen molar-refractivity contribution < 1.29 is 9.59 Å². The summed E-state index contributed by atoms with van der Waals surface area (Å²) >= 11 is 1.40. The van der Waals surface area contributed by atoms with Crippen LogP contribution in [0.15, 0.2) is 59.4 Å². The Kier molecular flexibility index (Phi) is 4.78. The summed E-state index contributed by atoms with van der Waals surface area (Å²) in [4.78, 5) is 45.2. The van der Waals surface area contributed by atoms with E-state index in [1.807, 2.05) is 37.3 Å². The Morgan fingerprint density at radius 1 is 1.06 bits per heavy atom. The van der Waals surface area contributed by atoms with Crippen LogP contribution in [0.1, 0.15) is 36.9 Å². The van der Waals surface area contributed by atoms with Gasteiger partial charge in [-0.2, -0.15) is 4.68 Å². The van der Waals surface area contributed by atoms with Gasteiger partial charge in [0.25, 0.3) is 5.56 Å². The number of anilines is 1. The Bertz CT molecular complexity index is 1320. The van der Waals surface area contributed by atoms with Gasteiger partial charge in [0.15, 0.2) is 0 Å². The van der Waals surface area contributed by atoms with Crippen molar-refractivity contribution in [1.82, 2.24) is 14.8 Å². The molecule has 1 aliphatic rings. The van der Waals surface area contributed by atoms with Crippen molar-refractivity contribution in [3.05, 3.63) is 76.2 Å². The molecule has 0 radical (unpaired) electrons. The maximum atomic E-state index is 13.4. The molecule has 156 valence electrons. The lowest BCUT2D eigenvalue weighted by molar-refractivity contribution is -0.121. The minimum Gasteiger partial charge on any atom is -0.293 e.